The van der Waals surface area contributed by atoms with E-state index in [-0.39, 0.29) is 0 Å². The predicted octanol–water partition coefficient (Wildman–Crippen LogP) is 5.88. The van der Waals surface area contributed by atoms with Crippen LogP contribution < -0.4 is 4.74 Å². The standard InChI is InChI=1S/C27H22F2N2O/c1-2-13-32-24-17-30-27(31-18-24)12-10-20-5-3-19(4-6-20)7-8-21-9-11-22-15-25(28)26(29)16-23(22)14-21/h3-6,9,11,14-18H,2,10,12-13H2,1H3. The van der Waals surface area contributed by atoms with E-state index in [2.05, 4.69) is 28.7 Å². The van der Waals surface area contributed by atoms with Gasteiger partial charge in [-0.15, -0.1) is 0 Å². The van der Waals surface area contributed by atoms with Crippen molar-refractivity contribution in [2.75, 3.05) is 6.61 Å². The van der Waals surface area contributed by atoms with Gasteiger partial charge >= 0.3 is 0 Å². The van der Waals surface area contributed by atoms with Crippen LogP contribution in [0.4, 0.5) is 8.78 Å². The summed E-state index contributed by atoms with van der Waals surface area (Å²) in [5.41, 5.74) is 2.80. The number of aromatic nitrogens is 2. The van der Waals surface area contributed by atoms with Crippen molar-refractivity contribution in [1.29, 1.82) is 0 Å². The molecule has 0 fully saturated rings. The van der Waals surface area contributed by atoms with Gasteiger partial charge in [-0.05, 0) is 65.6 Å². The first-order valence-electron chi connectivity index (χ1n) is 10.5. The van der Waals surface area contributed by atoms with Crippen molar-refractivity contribution in [2.45, 2.75) is 26.2 Å². The Morgan fingerprint density at radius 3 is 2.16 bits per heavy atom. The van der Waals surface area contributed by atoms with Gasteiger partial charge in [-0.1, -0.05) is 37.0 Å². The first kappa shape index (κ1) is 21.5. The Hall–Kier alpha value is -3.78. The van der Waals surface area contributed by atoms with Crippen molar-refractivity contribution in [1.82, 2.24) is 9.97 Å². The van der Waals surface area contributed by atoms with E-state index in [1.54, 1.807) is 30.6 Å². The summed E-state index contributed by atoms with van der Waals surface area (Å²) in [7, 11) is 0. The second-order valence-electron chi connectivity index (χ2n) is 7.46. The van der Waals surface area contributed by atoms with E-state index in [0.717, 1.165) is 36.2 Å². The van der Waals surface area contributed by atoms with Crippen LogP contribution in [0, 0.1) is 23.5 Å². The number of fused-ring (bicyclic) bond motifs is 1. The average Bonchev–Trinajstić information content (AvgIpc) is 2.82. The summed E-state index contributed by atoms with van der Waals surface area (Å²) in [5, 5.41) is 1.27. The van der Waals surface area contributed by atoms with Crippen LogP contribution in [0.15, 0.2) is 67.0 Å². The van der Waals surface area contributed by atoms with Crippen molar-refractivity contribution >= 4 is 10.8 Å². The lowest BCUT2D eigenvalue weighted by molar-refractivity contribution is 0.314. The lowest BCUT2D eigenvalue weighted by Crippen LogP contribution is -2.00. The van der Waals surface area contributed by atoms with Crippen molar-refractivity contribution in [3.05, 3.63) is 101 Å². The van der Waals surface area contributed by atoms with Crippen molar-refractivity contribution < 1.29 is 13.5 Å². The lowest BCUT2D eigenvalue weighted by Gasteiger charge is -2.05. The molecule has 4 aromatic rings. The van der Waals surface area contributed by atoms with Gasteiger partial charge in [-0.25, -0.2) is 18.7 Å². The summed E-state index contributed by atoms with van der Waals surface area (Å²) in [6.45, 7) is 2.72. The normalized spacial score (nSPS) is 10.6. The smallest absolute Gasteiger partial charge is 0.159 e. The summed E-state index contributed by atoms with van der Waals surface area (Å²) in [6, 6.07) is 15.7. The highest BCUT2D eigenvalue weighted by molar-refractivity contribution is 5.84. The van der Waals surface area contributed by atoms with E-state index in [1.165, 1.54) is 17.7 Å². The topological polar surface area (TPSA) is 35.0 Å². The van der Waals surface area contributed by atoms with Crippen LogP contribution in [0.3, 0.4) is 0 Å². The third kappa shape index (κ3) is 5.47. The third-order valence-electron chi connectivity index (χ3n) is 4.98. The highest BCUT2D eigenvalue weighted by Crippen LogP contribution is 2.20. The Morgan fingerprint density at radius 1 is 0.781 bits per heavy atom. The number of nitrogens with zero attached hydrogens (tertiary/aromatic N) is 2. The molecule has 0 aliphatic rings. The number of hydrogen-bond acceptors (Lipinski definition) is 3. The van der Waals surface area contributed by atoms with Crippen LogP contribution in [0.25, 0.3) is 10.8 Å². The zero-order valence-corrected chi connectivity index (χ0v) is 17.7. The molecule has 0 bridgehead atoms. The molecule has 3 aromatic carbocycles. The molecule has 0 aliphatic heterocycles. The largest absolute Gasteiger partial charge is 0.490 e. The van der Waals surface area contributed by atoms with Gasteiger partial charge in [0, 0.05) is 17.5 Å². The molecule has 1 aromatic heterocycles. The number of halogens is 2. The predicted molar refractivity (Wildman–Crippen MR) is 122 cm³/mol. The first-order chi connectivity index (χ1) is 15.6. The summed E-state index contributed by atoms with van der Waals surface area (Å²) in [6.07, 6.45) is 5.96. The highest BCUT2D eigenvalue weighted by atomic mass is 19.2. The Morgan fingerprint density at radius 2 is 1.44 bits per heavy atom. The quantitative estimate of drug-likeness (QED) is 0.360. The number of rotatable bonds is 6. The molecule has 3 nitrogen and oxygen atoms in total. The zero-order valence-electron chi connectivity index (χ0n) is 17.7. The molecule has 0 N–H and O–H groups in total. The van der Waals surface area contributed by atoms with Crippen LogP contribution in [-0.2, 0) is 12.8 Å². The zero-order chi connectivity index (χ0) is 22.3. The Labute approximate surface area is 186 Å². The van der Waals surface area contributed by atoms with Crippen LogP contribution >= 0.6 is 0 Å². The van der Waals surface area contributed by atoms with Gasteiger partial charge in [0.15, 0.2) is 17.4 Å². The molecule has 0 saturated carbocycles. The van der Waals surface area contributed by atoms with Gasteiger partial charge in [-0.3, -0.25) is 0 Å². The van der Waals surface area contributed by atoms with Crippen LogP contribution in [0.2, 0.25) is 0 Å². The van der Waals surface area contributed by atoms with Gasteiger partial charge < -0.3 is 4.74 Å². The minimum Gasteiger partial charge on any atom is -0.490 e. The monoisotopic (exact) mass is 428 g/mol. The summed E-state index contributed by atoms with van der Waals surface area (Å²) >= 11 is 0. The highest BCUT2D eigenvalue weighted by Gasteiger charge is 2.04. The molecule has 0 atom stereocenters. The lowest BCUT2D eigenvalue weighted by atomic mass is 10.1. The van der Waals surface area contributed by atoms with Crippen molar-refractivity contribution in [3.8, 4) is 17.6 Å². The van der Waals surface area contributed by atoms with Crippen LogP contribution in [-0.4, -0.2) is 16.6 Å². The maximum absolute atomic E-state index is 13.5. The SMILES string of the molecule is CCCOc1cnc(CCc2ccc(C#Cc3ccc4cc(F)c(F)cc4c3)cc2)nc1. The Bertz CT molecular complexity index is 1270. The second kappa shape index (κ2) is 10.0. The number of hydrogen-bond donors (Lipinski definition) is 0. The number of aryl methyl sites for hydroxylation is 2. The maximum Gasteiger partial charge on any atom is 0.159 e. The molecule has 0 spiro atoms. The summed E-state index contributed by atoms with van der Waals surface area (Å²) < 4.78 is 32.3. The summed E-state index contributed by atoms with van der Waals surface area (Å²) in [5.74, 6) is 5.98. The van der Waals surface area contributed by atoms with E-state index >= 15 is 0 Å². The van der Waals surface area contributed by atoms with Gasteiger partial charge in [0.2, 0.25) is 0 Å². The van der Waals surface area contributed by atoms with E-state index in [9.17, 15) is 8.78 Å². The minimum absolute atomic E-state index is 0.623. The fourth-order valence-electron chi connectivity index (χ4n) is 3.24. The van der Waals surface area contributed by atoms with Gasteiger partial charge in [-0.2, -0.15) is 0 Å². The molecule has 0 aliphatic carbocycles. The van der Waals surface area contributed by atoms with E-state index in [4.69, 9.17) is 4.74 Å². The van der Waals surface area contributed by atoms with E-state index in [0.29, 0.717) is 23.1 Å². The van der Waals surface area contributed by atoms with Crippen LogP contribution in [0.5, 0.6) is 5.75 Å². The first-order valence-corrected chi connectivity index (χ1v) is 10.5. The van der Waals surface area contributed by atoms with Gasteiger partial charge in [0.25, 0.3) is 0 Å². The van der Waals surface area contributed by atoms with Crippen molar-refractivity contribution in [2.24, 2.45) is 0 Å². The molecule has 32 heavy (non-hydrogen) atoms. The molecule has 0 amide bonds. The van der Waals surface area contributed by atoms with E-state index < -0.39 is 11.6 Å². The fraction of sp³-hybridized carbons (Fsp3) is 0.185. The van der Waals surface area contributed by atoms with Gasteiger partial charge in [0.1, 0.15) is 5.82 Å². The molecule has 1 heterocycles. The average molecular weight is 428 g/mol. The molecule has 4 rings (SSSR count). The second-order valence-corrected chi connectivity index (χ2v) is 7.46. The van der Waals surface area contributed by atoms with Gasteiger partial charge in [0.05, 0.1) is 19.0 Å². The molecular formula is C27H22F2N2O. The molecule has 160 valence electrons. The number of ether oxygens (including phenoxy) is 1. The molecule has 5 heteroatoms. The molecule has 0 radical (unpaired) electrons. The third-order valence-corrected chi connectivity index (χ3v) is 4.98. The number of benzene rings is 3. The Kier molecular flexibility index (Phi) is 6.72. The minimum atomic E-state index is -0.857. The Balaban J connectivity index is 1.37. The maximum atomic E-state index is 13.5. The van der Waals surface area contributed by atoms with Crippen molar-refractivity contribution in [3.63, 3.8) is 0 Å². The molecule has 0 unspecified atom stereocenters. The fourth-order valence-corrected chi connectivity index (χ4v) is 3.24. The molecular weight excluding hydrogens is 406 g/mol. The summed E-state index contributed by atoms with van der Waals surface area (Å²) in [4.78, 5) is 8.71. The van der Waals surface area contributed by atoms with E-state index in [1.807, 2.05) is 24.3 Å². The molecule has 0 saturated heterocycles. The van der Waals surface area contributed by atoms with Crippen LogP contribution in [0.1, 0.15) is 35.9 Å².